The molecule has 0 saturated carbocycles. The number of esters is 1. The molecule has 0 spiro atoms. The van der Waals surface area contributed by atoms with Crippen molar-refractivity contribution in [3.05, 3.63) is 65.7 Å². The van der Waals surface area contributed by atoms with Crippen LogP contribution in [-0.2, 0) is 19.8 Å². The lowest BCUT2D eigenvalue weighted by Crippen LogP contribution is -2.45. The van der Waals surface area contributed by atoms with Crippen LogP contribution in [0.15, 0.2) is 54.6 Å². The van der Waals surface area contributed by atoms with Gasteiger partial charge in [-0.25, -0.2) is 4.79 Å². The molecule has 0 radical (unpaired) electrons. The molecule has 2 aromatic rings. The normalized spacial score (nSPS) is 20.0. The number of hydrogen-bond acceptors (Lipinski definition) is 5. The van der Waals surface area contributed by atoms with Crippen molar-refractivity contribution in [3.63, 3.8) is 0 Å². The highest BCUT2D eigenvalue weighted by atomic mass is 16.5. The zero-order chi connectivity index (χ0) is 27.0. The summed E-state index contributed by atoms with van der Waals surface area (Å²) in [6.45, 7) is 7.70. The van der Waals surface area contributed by atoms with Gasteiger partial charge in [-0.15, -0.1) is 0 Å². The molecule has 7 nitrogen and oxygen atoms in total. The van der Waals surface area contributed by atoms with E-state index in [1.165, 1.54) is 6.42 Å². The summed E-state index contributed by atoms with van der Waals surface area (Å²) in [4.78, 5) is 40.2. The van der Waals surface area contributed by atoms with Crippen molar-refractivity contribution < 1.29 is 24.2 Å². The minimum Gasteiger partial charge on any atom is -0.480 e. The monoisotopic (exact) mass is 508 g/mol. The van der Waals surface area contributed by atoms with Crippen LogP contribution in [-0.4, -0.2) is 54.0 Å². The number of benzene rings is 2. The predicted molar refractivity (Wildman–Crippen MR) is 144 cm³/mol. The van der Waals surface area contributed by atoms with Crippen molar-refractivity contribution in [3.8, 4) is 5.75 Å². The van der Waals surface area contributed by atoms with Gasteiger partial charge in [0.2, 0.25) is 5.91 Å². The first-order valence-corrected chi connectivity index (χ1v) is 13.2. The standard InChI is InChI=1S/C30H40N2O5/c1-5-30(16-9-10-17-32(4)20-30)23-14-11-15-24(18-23)37-29(36)25(22-12-7-6-8-13-22)19-26(33)31-27(21(2)3)28(34)35/h6-8,11-15,18,21,25,27H,5,9-10,16-17,19-20H2,1-4H3,(H,31,33)(H,34,35)/t25?,27-,30?/m0/s1. The number of likely N-dealkylation sites (tertiary alicyclic amines) is 1. The van der Waals surface area contributed by atoms with Crippen LogP contribution < -0.4 is 10.1 Å². The van der Waals surface area contributed by atoms with Crippen molar-refractivity contribution in [2.24, 2.45) is 5.92 Å². The minimum atomic E-state index is -1.10. The van der Waals surface area contributed by atoms with E-state index >= 15 is 0 Å². The fraction of sp³-hybridized carbons (Fsp3) is 0.500. The van der Waals surface area contributed by atoms with Crippen LogP contribution in [0.5, 0.6) is 5.75 Å². The number of aliphatic carboxylic acids is 1. The smallest absolute Gasteiger partial charge is 0.326 e. The first kappa shape index (κ1) is 28.4. The van der Waals surface area contributed by atoms with Gasteiger partial charge in [0.1, 0.15) is 11.8 Å². The van der Waals surface area contributed by atoms with E-state index in [9.17, 15) is 19.5 Å². The molecule has 1 heterocycles. The van der Waals surface area contributed by atoms with Gasteiger partial charge in [0.05, 0.1) is 5.92 Å². The van der Waals surface area contributed by atoms with Crippen LogP contribution in [0.25, 0.3) is 0 Å². The van der Waals surface area contributed by atoms with Gasteiger partial charge in [-0.1, -0.05) is 69.7 Å². The first-order chi connectivity index (χ1) is 17.6. The van der Waals surface area contributed by atoms with Crippen molar-refractivity contribution in [1.29, 1.82) is 0 Å². The van der Waals surface area contributed by atoms with Gasteiger partial charge in [-0.3, -0.25) is 9.59 Å². The number of hydrogen-bond donors (Lipinski definition) is 2. The van der Waals surface area contributed by atoms with Crippen LogP contribution in [0.4, 0.5) is 0 Å². The van der Waals surface area contributed by atoms with Gasteiger partial charge in [0.15, 0.2) is 0 Å². The topological polar surface area (TPSA) is 95.9 Å². The summed E-state index contributed by atoms with van der Waals surface area (Å²) >= 11 is 0. The van der Waals surface area contributed by atoms with Crippen LogP contribution in [0.2, 0.25) is 0 Å². The third-order valence-electron chi connectivity index (χ3n) is 7.48. The number of nitrogens with zero attached hydrogens (tertiary/aromatic N) is 1. The zero-order valence-electron chi connectivity index (χ0n) is 22.4. The molecule has 0 aliphatic carbocycles. The summed E-state index contributed by atoms with van der Waals surface area (Å²) in [7, 11) is 2.16. The Morgan fingerprint density at radius 3 is 2.46 bits per heavy atom. The van der Waals surface area contributed by atoms with Crippen molar-refractivity contribution in [1.82, 2.24) is 10.2 Å². The number of nitrogens with one attached hydrogen (secondary N) is 1. The maximum atomic E-state index is 13.4. The van der Waals surface area contributed by atoms with Crippen LogP contribution in [0.1, 0.15) is 69.9 Å². The molecular formula is C30H40N2O5. The first-order valence-electron chi connectivity index (χ1n) is 13.2. The highest BCUT2D eigenvalue weighted by Crippen LogP contribution is 2.38. The minimum absolute atomic E-state index is 0.00489. The van der Waals surface area contributed by atoms with E-state index in [2.05, 4.69) is 30.3 Å². The predicted octanol–water partition coefficient (Wildman–Crippen LogP) is 4.75. The second-order valence-electron chi connectivity index (χ2n) is 10.6. The Kier molecular flexibility index (Phi) is 9.86. The SMILES string of the molecule is CCC1(c2cccc(OC(=O)C(CC(=O)N[C@H](C(=O)O)C(C)C)c3ccccc3)c2)CCCCN(C)C1. The van der Waals surface area contributed by atoms with Crippen molar-refractivity contribution >= 4 is 17.8 Å². The average molecular weight is 509 g/mol. The van der Waals surface area contributed by atoms with Crippen molar-refractivity contribution in [2.45, 2.75) is 70.3 Å². The molecule has 1 amide bonds. The van der Waals surface area contributed by atoms with Gasteiger partial charge < -0.3 is 20.1 Å². The van der Waals surface area contributed by atoms with E-state index in [4.69, 9.17) is 4.74 Å². The summed E-state index contributed by atoms with van der Waals surface area (Å²) < 4.78 is 5.86. The number of amides is 1. The molecule has 1 fully saturated rings. The Balaban J connectivity index is 1.82. The number of carbonyl (C=O) groups excluding carboxylic acids is 2. The highest BCUT2D eigenvalue weighted by molar-refractivity contribution is 5.89. The Morgan fingerprint density at radius 2 is 1.81 bits per heavy atom. The Labute approximate surface area is 220 Å². The lowest BCUT2D eigenvalue weighted by atomic mass is 9.74. The number of carbonyl (C=O) groups is 3. The number of carboxylic acid groups (broad SMARTS) is 1. The molecule has 0 bridgehead atoms. The molecule has 7 heteroatoms. The van der Waals surface area contributed by atoms with E-state index in [-0.39, 0.29) is 17.8 Å². The van der Waals surface area contributed by atoms with Gasteiger partial charge >= 0.3 is 11.9 Å². The van der Waals surface area contributed by atoms with Crippen LogP contribution in [0, 0.1) is 5.92 Å². The van der Waals surface area contributed by atoms with E-state index in [0.29, 0.717) is 11.3 Å². The van der Waals surface area contributed by atoms with Gasteiger partial charge in [-0.2, -0.15) is 0 Å². The summed E-state index contributed by atoms with van der Waals surface area (Å²) in [6, 6.07) is 15.7. The number of carboxylic acids is 1. The molecule has 2 N–H and O–H groups in total. The lowest BCUT2D eigenvalue weighted by molar-refractivity contribution is -0.143. The largest absolute Gasteiger partial charge is 0.480 e. The molecule has 200 valence electrons. The summed E-state index contributed by atoms with van der Waals surface area (Å²) in [5.74, 6) is -2.86. The third-order valence-corrected chi connectivity index (χ3v) is 7.48. The molecular weight excluding hydrogens is 468 g/mol. The molecule has 1 aliphatic rings. The quantitative estimate of drug-likeness (QED) is 0.355. The molecule has 0 aromatic heterocycles. The molecule has 2 aromatic carbocycles. The molecule has 1 saturated heterocycles. The fourth-order valence-corrected chi connectivity index (χ4v) is 5.28. The molecule has 37 heavy (non-hydrogen) atoms. The summed E-state index contributed by atoms with van der Waals surface area (Å²) in [6.07, 6.45) is 4.19. The van der Waals surface area contributed by atoms with Gasteiger partial charge in [0.25, 0.3) is 0 Å². The molecule has 1 aliphatic heterocycles. The van der Waals surface area contributed by atoms with E-state index in [1.54, 1.807) is 44.2 Å². The third kappa shape index (κ3) is 7.41. The molecule has 3 atom stereocenters. The van der Waals surface area contributed by atoms with E-state index in [1.807, 2.05) is 18.2 Å². The number of ether oxygens (including phenoxy) is 1. The van der Waals surface area contributed by atoms with Gasteiger partial charge in [0, 0.05) is 18.4 Å². The zero-order valence-corrected chi connectivity index (χ0v) is 22.4. The van der Waals surface area contributed by atoms with Crippen LogP contribution >= 0.6 is 0 Å². The number of rotatable bonds is 10. The molecule has 3 rings (SSSR count). The Hall–Kier alpha value is -3.19. The second kappa shape index (κ2) is 12.9. The Morgan fingerprint density at radius 1 is 1.08 bits per heavy atom. The summed E-state index contributed by atoms with van der Waals surface area (Å²) in [5, 5.41) is 12.0. The maximum Gasteiger partial charge on any atom is 0.326 e. The highest BCUT2D eigenvalue weighted by Gasteiger charge is 2.34. The lowest BCUT2D eigenvalue weighted by Gasteiger charge is -2.35. The Bertz CT molecular complexity index is 1070. The average Bonchev–Trinajstić information content (AvgIpc) is 3.08. The second-order valence-corrected chi connectivity index (χ2v) is 10.6. The van der Waals surface area contributed by atoms with E-state index < -0.39 is 29.8 Å². The van der Waals surface area contributed by atoms with Crippen molar-refractivity contribution in [2.75, 3.05) is 20.1 Å². The molecule has 2 unspecified atom stereocenters. The van der Waals surface area contributed by atoms with Crippen LogP contribution in [0.3, 0.4) is 0 Å². The van der Waals surface area contributed by atoms with E-state index in [0.717, 1.165) is 37.9 Å². The fourth-order valence-electron chi connectivity index (χ4n) is 5.28. The number of likely N-dealkylation sites (N-methyl/N-ethyl adjacent to an activating group) is 1. The summed E-state index contributed by atoms with van der Waals surface area (Å²) in [5.41, 5.74) is 1.80. The maximum absolute atomic E-state index is 13.4. The van der Waals surface area contributed by atoms with Gasteiger partial charge in [-0.05, 0) is 62.0 Å².